The van der Waals surface area contributed by atoms with E-state index in [0.29, 0.717) is 6.54 Å². The van der Waals surface area contributed by atoms with Crippen molar-refractivity contribution in [3.63, 3.8) is 0 Å². The number of hydrogen-bond acceptors (Lipinski definition) is 4. The van der Waals surface area contributed by atoms with Crippen LogP contribution < -0.4 is 10.2 Å². The summed E-state index contributed by atoms with van der Waals surface area (Å²) in [4.78, 5) is 14.5. The fraction of sp³-hybridized carbons (Fsp3) is 0.500. The molecule has 1 aliphatic rings. The maximum Gasteiger partial charge on any atom is 0.418 e. The standard InChI is InChI=1S/C22H28F3N3O2/c1-21(2,3)30-20(29)27-13-10-19(15-27)28(18-8-11-26-12-9-18)14-16-4-6-17(7-5-16)22(23,24)25/h4-7,10,13,15,18,26H,8-9,11-12,14H2,1-3H3. The molecule has 164 valence electrons. The molecular formula is C22H28F3N3O2. The molecule has 0 amide bonds. The molecule has 30 heavy (non-hydrogen) atoms. The minimum atomic E-state index is -4.35. The molecule has 1 N–H and O–H groups in total. The molecule has 0 bridgehead atoms. The highest BCUT2D eigenvalue weighted by Gasteiger charge is 2.30. The van der Waals surface area contributed by atoms with Crippen LogP contribution in [0.3, 0.4) is 0 Å². The van der Waals surface area contributed by atoms with Crippen molar-refractivity contribution in [1.29, 1.82) is 0 Å². The number of aromatic nitrogens is 1. The van der Waals surface area contributed by atoms with Crippen LogP contribution in [0, 0.1) is 0 Å². The number of carbonyl (C=O) groups excluding carboxylic acids is 1. The van der Waals surface area contributed by atoms with Crippen LogP contribution >= 0.6 is 0 Å². The summed E-state index contributed by atoms with van der Waals surface area (Å²) in [5.74, 6) is 0. The minimum Gasteiger partial charge on any atom is -0.443 e. The van der Waals surface area contributed by atoms with Gasteiger partial charge < -0.3 is 15.0 Å². The smallest absolute Gasteiger partial charge is 0.418 e. The van der Waals surface area contributed by atoms with Crippen molar-refractivity contribution in [2.24, 2.45) is 0 Å². The number of rotatable bonds is 4. The molecule has 0 atom stereocenters. The van der Waals surface area contributed by atoms with Gasteiger partial charge in [0.1, 0.15) is 5.60 Å². The number of halogens is 3. The summed E-state index contributed by atoms with van der Waals surface area (Å²) in [5, 5.41) is 3.33. The average Bonchev–Trinajstić information content (AvgIpc) is 3.15. The zero-order chi connectivity index (χ0) is 21.9. The zero-order valence-electron chi connectivity index (χ0n) is 17.5. The van der Waals surface area contributed by atoms with E-state index in [1.165, 1.54) is 16.7 Å². The SMILES string of the molecule is CC(C)(C)OC(=O)n1ccc(N(Cc2ccc(C(F)(F)F)cc2)C2CCNCC2)c1. The van der Waals surface area contributed by atoms with Gasteiger partial charge in [-0.2, -0.15) is 13.2 Å². The van der Waals surface area contributed by atoms with E-state index in [4.69, 9.17) is 4.74 Å². The quantitative estimate of drug-likeness (QED) is 0.748. The van der Waals surface area contributed by atoms with Crippen LogP contribution in [0.5, 0.6) is 0 Å². The number of nitrogens with one attached hydrogen (secondary N) is 1. The van der Waals surface area contributed by atoms with E-state index in [1.54, 1.807) is 33.2 Å². The van der Waals surface area contributed by atoms with E-state index in [9.17, 15) is 18.0 Å². The van der Waals surface area contributed by atoms with Gasteiger partial charge in [0.2, 0.25) is 0 Å². The van der Waals surface area contributed by atoms with E-state index in [2.05, 4.69) is 10.2 Å². The largest absolute Gasteiger partial charge is 0.443 e. The number of piperidine rings is 1. The lowest BCUT2D eigenvalue weighted by molar-refractivity contribution is -0.137. The third-order valence-corrected chi connectivity index (χ3v) is 5.00. The van der Waals surface area contributed by atoms with Crippen molar-refractivity contribution in [2.45, 2.75) is 58.0 Å². The van der Waals surface area contributed by atoms with Crippen molar-refractivity contribution in [2.75, 3.05) is 18.0 Å². The number of ether oxygens (including phenoxy) is 1. The molecule has 2 aromatic rings. The van der Waals surface area contributed by atoms with Crippen molar-refractivity contribution in [3.8, 4) is 0 Å². The minimum absolute atomic E-state index is 0.225. The van der Waals surface area contributed by atoms with Gasteiger partial charge in [-0.1, -0.05) is 12.1 Å². The first kappa shape index (κ1) is 22.2. The number of nitrogens with zero attached hydrogens (tertiary/aromatic N) is 2. The first-order valence-electron chi connectivity index (χ1n) is 10.1. The molecule has 0 saturated carbocycles. The van der Waals surface area contributed by atoms with E-state index in [0.717, 1.165) is 49.3 Å². The molecule has 8 heteroatoms. The van der Waals surface area contributed by atoms with Gasteiger partial charge in [0, 0.05) is 25.0 Å². The molecule has 2 heterocycles. The highest BCUT2D eigenvalue weighted by atomic mass is 19.4. The van der Waals surface area contributed by atoms with Crippen molar-refractivity contribution < 1.29 is 22.7 Å². The molecule has 0 aliphatic carbocycles. The molecule has 1 fully saturated rings. The summed E-state index contributed by atoms with van der Waals surface area (Å²) in [7, 11) is 0. The monoisotopic (exact) mass is 423 g/mol. The molecule has 0 spiro atoms. The lowest BCUT2D eigenvalue weighted by Crippen LogP contribution is -2.42. The summed E-state index contributed by atoms with van der Waals surface area (Å²) >= 11 is 0. The third-order valence-electron chi connectivity index (χ3n) is 5.00. The van der Waals surface area contributed by atoms with Gasteiger partial charge in [0.25, 0.3) is 0 Å². The van der Waals surface area contributed by atoms with E-state index in [-0.39, 0.29) is 6.04 Å². The Bertz CT molecular complexity index is 848. The predicted octanol–water partition coefficient (Wildman–Crippen LogP) is 5.05. The topological polar surface area (TPSA) is 46.5 Å². The van der Waals surface area contributed by atoms with Crippen molar-refractivity contribution >= 4 is 11.8 Å². The number of hydrogen-bond donors (Lipinski definition) is 1. The van der Waals surface area contributed by atoms with Gasteiger partial charge in [-0.05, 0) is 70.5 Å². The van der Waals surface area contributed by atoms with E-state index < -0.39 is 23.4 Å². The van der Waals surface area contributed by atoms with Crippen molar-refractivity contribution in [3.05, 3.63) is 53.9 Å². The molecule has 1 aliphatic heterocycles. The molecule has 1 aromatic carbocycles. The normalized spacial score (nSPS) is 15.8. The number of benzene rings is 1. The Morgan fingerprint density at radius 2 is 1.77 bits per heavy atom. The number of alkyl halides is 3. The van der Waals surface area contributed by atoms with Crippen LogP contribution in [0.25, 0.3) is 0 Å². The summed E-state index contributed by atoms with van der Waals surface area (Å²) in [6.45, 7) is 7.63. The molecule has 3 rings (SSSR count). The first-order valence-corrected chi connectivity index (χ1v) is 10.1. The van der Waals surface area contributed by atoms with Gasteiger partial charge in [0.05, 0.1) is 11.3 Å². The fourth-order valence-electron chi connectivity index (χ4n) is 3.53. The van der Waals surface area contributed by atoms with Gasteiger partial charge >= 0.3 is 12.3 Å². The number of anilines is 1. The van der Waals surface area contributed by atoms with Crippen LogP contribution in [0.15, 0.2) is 42.7 Å². The summed E-state index contributed by atoms with van der Waals surface area (Å²) in [6.07, 6.45) is 0.396. The van der Waals surface area contributed by atoms with Gasteiger partial charge in [-0.15, -0.1) is 0 Å². The third kappa shape index (κ3) is 5.78. The Morgan fingerprint density at radius 3 is 2.33 bits per heavy atom. The van der Waals surface area contributed by atoms with Gasteiger partial charge in [-0.25, -0.2) is 4.79 Å². The highest BCUT2D eigenvalue weighted by molar-refractivity contribution is 5.72. The second-order valence-electron chi connectivity index (χ2n) is 8.56. The Morgan fingerprint density at radius 1 is 1.13 bits per heavy atom. The Hall–Kier alpha value is -2.48. The molecule has 0 radical (unpaired) electrons. The first-order chi connectivity index (χ1) is 14.0. The summed E-state index contributed by atoms with van der Waals surface area (Å²) < 4.78 is 45.4. The zero-order valence-corrected chi connectivity index (χ0v) is 17.5. The predicted molar refractivity (Wildman–Crippen MR) is 110 cm³/mol. The molecule has 0 unspecified atom stereocenters. The highest BCUT2D eigenvalue weighted by Crippen LogP contribution is 2.30. The number of carbonyl (C=O) groups is 1. The van der Waals surface area contributed by atoms with Gasteiger partial charge in [-0.3, -0.25) is 4.57 Å². The lowest BCUT2D eigenvalue weighted by Gasteiger charge is -2.36. The molecule has 5 nitrogen and oxygen atoms in total. The second-order valence-corrected chi connectivity index (χ2v) is 8.56. The van der Waals surface area contributed by atoms with Crippen LogP contribution in [0.2, 0.25) is 0 Å². The van der Waals surface area contributed by atoms with Crippen LogP contribution in [-0.2, 0) is 17.5 Å². The Kier molecular flexibility index (Phi) is 6.45. The van der Waals surface area contributed by atoms with E-state index in [1.807, 2.05) is 6.07 Å². The maximum absolute atomic E-state index is 12.9. The second kappa shape index (κ2) is 8.71. The Balaban J connectivity index is 1.82. The van der Waals surface area contributed by atoms with Crippen LogP contribution in [0.4, 0.5) is 23.7 Å². The van der Waals surface area contributed by atoms with Crippen LogP contribution in [-0.4, -0.2) is 35.4 Å². The summed E-state index contributed by atoms with van der Waals surface area (Å²) in [6, 6.07) is 7.33. The molecule has 1 aromatic heterocycles. The fourth-order valence-corrected chi connectivity index (χ4v) is 3.53. The summed E-state index contributed by atoms with van der Waals surface area (Å²) in [5.41, 5.74) is 0.367. The maximum atomic E-state index is 12.9. The molecular weight excluding hydrogens is 395 g/mol. The van der Waals surface area contributed by atoms with E-state index >= 15 is 0 Å². The Labute approximate surface area is 174 Å². The van der Waals surface area contributed by atoms with Crippen LogP contribution in [0.1, 0.15) is 44.7 Å². The average molecular weight is 423 g/mol. The van der Waals surface area contributed by atoms with Crippen molar-refractivity contribution in [1.82, 2.24) is 9.88 Å². The molecule has 1 saturated heterocycles. The van der Waals surface area contributed by atoms with Gasteiger partial charge in [0.15, 0.2) is 0 Å². The lowest BCUT2D eigenvalue weighted by atomic mass is 10.0.